The molecule has 0 spiro atoms. The largest absolute Gasteiger partial charge is 0.488 e. The number of likely N-dealkylation sites (N-methyl/N-ethyl adjacent to an activating group) is 1. The van der Waals surface area contributed by atoms with Gasteiger partial charge in [0.25, 0.3) is 0 Å². The fraction of sp³-hybridized carbons (Fsp3) is 0.515. The number of nitrogens with zero attached hydrogens (tertiary/aromatic N) is 5. The standard InChI is InChI=1S/C33H45ClN7O4P/c1-39-16-18-40(19-17-39)25-10-14-41(15-11-25)29-9-8-24(22-30(29)45-26-12-20-44-21-13-26)36-33-35-23-27(34)32(38-33)37-28-6-4-5-7-31(28)46(42-2)43-3/h4-9,22-23,25-26H,10-21H2,1-3H3,(H2,35,36,37,38). The highest BCUT2D eigenvalue weighted by molar-refractivity contribution is 7.56. The molecule has 0 radical (unpaired) electrons. The van der Waals surface area contributed by atoms with Crippen molar-refractivity contribution in [3.8, 4) is 5.75 Å². The van der Waals surface area contributed by atoms with Gasteiger partial charge in [-0.15, -0.1) is 0 Å². The van der Waals surface area contributed by atoms with Crippen LogP contribution in [-0.2, 0) is 13.8 Å². The van der Waals surface area contributed by atoms with Crippen molar-refractivity contribution in [2.75, 3.05) is 89.3 Å². The van der Waals surface area contributed by atoms with Crippen LogP contribution >= 0.6 is 20.0 Å². The number of para-hydroxylation sites is 1. The van der Waals surface area contributed by atoms with Crippen molar-refractivity contribution >= 4 is 54.1 Å². The summed E-state index contributed by atoms with van der Waals surface area (Å²) in [5, 5.41) is 8.02. The summed E-state index contributed by atoms with van der Waals surface area (Å²) < 4.78 is 23.4. The predicted octanol–water partition coefficient (Wildman–Crippen LogP) is 5.62. The molecular formula is C33H45ClN7O4P. The fourth-order valence-corrected chi connectivity index (χ4v) is 7.58. The first-order valence-electron chi connectivity index (χ1n) is 16.1. The van der Waals surface area contributed by atoms with Crippen LogP contribution < -0.4 is 25.6 Å². The van der Waals surface area contributed by atoms with Gasteiger partial charge in [0.15, 0.2) is 5.82 Å². The van der Waals surface area contributed by atoms with Crippen molar-refractivity contribution in [1.82, 2.24) is 19.8 Å². The Labute approximate surface area is 278 Å². The average molecular weight is 670 g/mol. The zero-order valence-electron chi connectivity index (χ0n) is 27.0. The molecule has 13 heteroatoms. The predicted molar refractivity (Wildman–Crippen MR) is 186 cm³/mol. The van der Waals surface area contributed by atoms with Crippen molar-refractivity contribution in [3.05, 3.63) is 53.7 Å². The van der Waals surface area contributed by atoms with Crippen molar-refractivity contribution in [3.63, 3.8) is 0 Å². The van der Waals surface area contributed by atoms with Crippen LogP contribution in [-0.4, -0.2) is 106 Å². The molecule has 0 aliphatic carbocycles. The van der Waals surface area contributed by atoms with Crippen LogP contribution in [0, 0.1) is 0 Å². The molecule has 3 aliphatic heterocycles. The Morgan fingerprint density at radius 3 is 2.39 bits per heavy atom. The van der Waals surface area contributed by atoms with E-state index in [-0.39, 0.29) is 6.10 Å². The maximum atomic E-state index is 6.68. The second kappa shape index (κ2) is 15.9. The summed E-state index contributed by atoms with van der Waals surface area (Å²) in [6, 6.07) is 14.8. The number of anilines is 5. The Bertz CT molecular complexity index is 1430. The van der Waals surface area contributed by atoms with Crippen LogP contribution in [0.1, 0.15) is 25.7 Å². The first kappa shape index (κ1) is 33.2. The molecule has 3 aliphatic rings. The molecule has 0 saturated carbocycles. The Balaban J connectivity index is 1.19. The highest BCUT2D eigenvalue weighted by Crippen LogP contribution is 2.39. The van der Waals surface area contributed by atoms with Gasteiger partial charge in [-0.2, -0.15) is 4.98 Å². The molecule has 0 bridgehead atoms. The van der Waals surface area contributed by atoms with E-state index in [4.69, 9.17) is 35.1 Å². The SMILES string of the molecule is COP(OC)c1ccccc1Nc1nc(Nc2ccc(N3CCC(N4CCN(C)CC4)CC3)c(OC3CCOCC3)c2)ncc1Cl. The van der Waals surface area contributed by atoms with Gasteiger partial charge in [-0.05, 0) is 44.2 Å². The molecule has 4 heterocycles. The minimum absolute atomic E-state index is 0.123. The smallest absolute Gasteiger partial charge is 0.229 e. The lowest BCUT2D eigenvalue weighted by Gasteiger charge is -2.43. The summed E-state index contributed by atoms with van der Waals surface area (Å²) >= 11 is 6.54. The molecular weight excluding hydrogens is 625 g/mol. The van der Waals surface area contributed by atoms with Crippen molar-refractivity contribution in [2.24, 2.45) is 0 Å². The Kier molecular flexibility index (Phi) is 11.5. The summed E-state index contributed by atoms with van der Waals surface area (Å²) in [6.45, 7) is 8.12. The Morgan fingerprint density at radius 2 is 1.65 bits per heavy atom. The molecule has 46 heavy (non-hydrogen) atoms. The van der Waals surface area contributed by atoms with E-state index in [2.05, 4.69) is 55.6 Å². The lowest BCUT2D eigenvalue weighted by atomic mass is 10.0. The highest BCUT2D eigenvalue weighted by atomic mass is 35.5. The van der Waals surface area contributed by atoms with Crippen LogP contribution in [0.3, 0.4) is 0 Å². The molecule has 11 nitrogen and oxygen atoms in total. The maximum Gasteiger partial charge on any atom is 0.229 e. The number of piperidine rings is 1. The van der Waals surface area contributed by atoms with Gasteiger partial charge in [0.1, 0.15) is 16.9 Å². The van der Waals surface area contributed by atoms with Gasteiger partial charge in [-0.25, -0.2) is 4.98 Å². The van der Waals surface area contributed by atoms with E-state index >= 15 is 0 Å². The van der Waals surface area contributed by atoms with E-state index in [0.717, 1.165) is 106 Å². The van der Waals surface area contributed by atoms with Crippen LogP contribution in [0.15, 0.2) is 48.7 Å². The summed E-state index contributed by atoms with van der Waals surface area (Å²) in [4.78, 5) is 16.8. The van der Waals surface area contributed by atoms with Crippen molar-refractivity contribution in [2.45, 2.75) is 37.8 Å². The normalized spacial score (nSPS) is 19.0. The lowest BCUT2D eigenvalue weighted by Crippen LogP contribution is -2.52. The second-order valence-corrected chi connectivity index (χ2v) is 14.1. The van der Waals surface area contributed by atoms with Gasteiger partial charge < -0.3 is 39.0 Å². The van der Waals surface area contributed by atoms with Gasteiger partial charge in [-0.3, -0.25) is 4.90 Å². The van der Waals surface area contributed by atoms with Crippen molar-refractivity contribution in [1.29, 1.82) is 0 Å². The molecule has 6 rings (SSSR count). The third-order valence-corrected chi connectivity index (χ3v) is 10.7. The summed E-state index contributed by atoms with van der Waals surface area (Å²) in [5.74, 6) is 1.78. The fourth-order valence-electron chi connectivity index (χ4n) is 6.36. The van der Waals surface area contributed by atoms with Gasteiger partial charge in [0, 0.05) is 84.1 Å². The molecule has 2 aromatic carbocycles. The number of nitrogens with one attached hydrogen (secondary N) is 2. The number of hydrogen-bond acceptors (Lipinski definition) is 11. The zero-order valence-corrected chi connectivity index (χ0v) is 28.6. The quantitative estimate of drug-likeness (QED) is 0.249. The Morgan fingerprint density at radius 1 is 0.913 bits per heavy atom. The molecule has 0 amide bonds. The molecule has 0 unspecified atom stereocenters. The van der Waals surface area contributed by atoms with Crippen LogP contribution in [0.4, 0.5) is 28.8 Å². The molecule has 3 fully saturated rings. The van der Waals surface area contributed by atoms with E-state index in [0.29, 0.717) is 22.8 Å². The maximum absolute atomic E-state index is 6.68. The molecule has 0 atom stereocenters. The van der Waals surface area contributed by atoms with Crippen LogP contribution in [0.2, 0.25) is 5.02 Å². The van der Waals surface area contributed by atoms with E-state index in [1.165, 1.54) is 0 Å². The number of ether oxygens (including phenoxy) is 2. The topological polar surface area (TPSA) is 96.5 Å². The van der Waals surface area contributed by atoms with E-state index in [1.807, 2.05) is 24.3 Å². The van der Waals surface area contributed by atoms with E-state index in [9.17, 15) is 0 Å². The lowest BCUT2D eigenvalue weighted by molar-refractivity contribution is 0.0257. The number of hydrogen-bond donors (Lipinski definition) is 2. The van der Waals surface area contributed by atoms with Gasteiger partial charge in [0.2, 0.25) is 14.3 Å². The minimum Gasteiger partial charge on any atom is -0.488 e. The molecule has 1 aromatic heterocycles. The molecule has 3 saturated heterocycles. The van der Waals surface area contributed by atoms with Crippen molar-refractivity contribution < 1.29 is 18.5 Å². The van der Waals surface area contributed by atoms with Gasteiger partial charge >= 0.3 is 0 Å². The number of halogens is 1. The van der Waals surface area contributed by atoms with Crippen LogP contribution in [0.25, 0.3) is 0 Å². The third kappa shape index (κ3) is 8.20. The number of rotatable bonds is 11. The van der Waals surface area contributed by atoms with Gasteiger partial charge in [0.05, 0.1) is 36.1 Å². The molecule has 248 valence electrons. The minimum atomic E-state index is -1.25. The first-order valence-corrected chi connectivity index (χ1v) is 17.7. The number of aromatic nitrogens is 2. The second-order valence-electron chi connectivity index (χ2n) is 11.9. The number of piperazine rings is 1. The van der Waals surface area contributed by atoms with Crippen LogP contribution in [0.5, 0.6) is 5.75 Å². The summed E-state index contributed by atoms with van der Waals surface area (Å²) in [7, 11) is 4.23. The van der Waals surface area contributed by atoms with Gasteiger partial charge in [-0.1, -0.05) is 23.7 Å². The molecule has 3 aromatic rings. The summed E-state index contributed by atoms with van der Waals surface area (Å²) in [6.07, 6.45) is 5.80. The third-order valence-electron chi connectivity index (χ3n) is 8.97. The first-order chi connectivity index (χ1) is 22.5. The van der Waals surface area contributed by atoms with E-state index in [1.54, 1.807) is 20.4 Å². The average Bonchev–Trinajstić information content (AvgIpc) is 3.09. The monoisotopic (exact) mass is 669 g/mol. The number of benzene rings is 2. The highest BCUT2D eigenvalue weighted by Gasteiger charge is 2.28. The van der Waals surface area contributed by atoms with E-state index < -0.39 is 8.38 Å². The molecule has 2 N–H and O–H groups in total. The zero-order chi connectivity index (χ0) is 31.9. The summed E-state index contributed by atoms with van der Waals surface area (Å²) in [5.41, 5.74) is 2.78. The Hall–Kier alpha value is -2.76.